The van der Waals surface area contributed by atoms with Gasteiger partial charge in [0.25, 0.3) is 5.69 Å². The predicted octanol–water partition coefficient (Wildman–Crippen LogP) is 4.32. The van der Waals surface area contributed by atoms with Crippen LogP contribution in [0.5, 0.6) is 0 Å². The number of non-ortho nitro benzene ring substituents is 1. The molecule has 0 saturated heterocycles. The predicted molar refractivity (Wildman–Crippen MR) is 121 cm³/mol. The molecule has 0 atom stereocenters. The van der Waals surface area contributed by atoms with Gasteiger partial charge in [0.15, 0.2) is 0 Å². The molecule has 1 aliphatic rings. The van der Waals surface area contributed by atoms with Crippen LogP contribution < -0.4 is 11.1 Å². The van der Waals surface area contributed by atoms with Crippen LogP contribution in [0.3, 0.4) is 0 Å². The van der Waals surface area contributed by atoms with Crippen LogP contribution in [-0.2, 0) is 0 Å². The highest BCUT2D eigenvalue weighted by atomic mass is 16.6. The summed E-state index contributed by atoms with van der Waals surface area (Å²) in [5.74, 6) is 0. The number of nitrogens with one attached hydrogen (secondary N) is 1. The van der Waals surface area contributed by atoms with E-state index in [4.69, 9.17) is 5.73 Å². The Bertz CT molecular complexity index is 868. The first kappa shape index (κ1) is 23.0. The zero-order valence-corrected chi connectivity index (χ0v) is 17.2. The molecular formula is C23H28N4O3. The molecule has 0 heterocycles. The summed E-state index contributed by atoms with van der Waals surface area (Å²) in [6, 6.07) is 13.7. The van der Waals surface area contributed by atoms with Crippen LogP contribution >= 0.6 is 0 Å². The molecule has 0 spiro atoms. The van der Waals surface area contributed by atoms with E-state index < -0.39 is 4.92 Å². The van der Waals surface area contributed by atoms with Crippen LogP contribution in [0.1, 0.15) is 53.6 Å². The van der Waals surface area contributed by atoms with E-state index in [9.17, 15) is 14.9 Å². The second kappa shape index (κ2) is 12.3. The monoisotopic (exact) mass is 408 g/mol. The van der Waals surface area contributed by atoms with E-state index in [-0.39, 0.29) is 5.69 Å². The third-order valence-electron chi connectivity index (χ3n) is 4.93. The number of benzene rings is 2. The minimum Gasteiger partial charge on any atom is -0.397 e. The van der Waals surface area contributed by atoms with Crippen LogP contribution in [-0.4, -0.2) is 30.5 Å². The van der Waals surface area contributed by atoms with Crippen molar-refractivity contribution in [2.24, 2.45) is 10.7 Å². The number of aliphatic imine (C=N–C) groups is 1. The lowest BCUT2D eigenvalue weighted by atomic mass is 9.96. The van der Waals surface area contributed by atoms with Crippen molar-refractivity contribution in [1.82, 2.24) is 5.32 Å². The summed E-state index contributed by atoms with van der Waals surface area (Å²) in [6.07, 6.45) is 10.9. The average Bonchev–Trinajstić information content (AvgIpc) is 2.80. The summed E-state index contributed by atoms with van der Waals surface area (Å²) in [5.41, 5.74) is 8.43. The minimum atomic E-state index is -0.457. The van der Waals surface area contributed by atoms with Crippen molar-refractivity contribution in [3.63, 3.8) is 0 Å². The fourth-order valence-corrected chi connectivity index (χ4v) is 3.11. The Labute approximate surface area is 176 Å². The molecule has 2 aromatic carbocycles. The number of rotatable bonds is 6. The number of nitrogens with two attached hydrogens (primary N) is 1. The van der Waals surface area contributed by atoms with Gasteiger partial charge in [-0.05, 0) is 43.1 Å². The van der Waals surface area contributed by atoms with Crippen molar-refractivity contribution in [2.45, 2.75) is 38.1 Å². The molecule has 2 aromatic rings. The molecular weight excluding hydrogens is 380 g/mol. The van der Waals surface area contributed by atoms with E-state index in [1.807, 2.05) is 0 Å². The Morgan fingerprint density at radius 2 is 1.67 bits per heavy atom. The normalized spacial score (nSPS) is 14.8. The molecule has 3 N–H and O–H groups in total. The molecule has 7 nitrogen and oxygen atoms in total. The Balaban J connectivity index is 0.000000335. The third-order valence-corrected chi connectivity index (χ3v) is 4.93. The largest absolute Gasteiger partial charge is 0.397 e. The van der Waals surface area contributed by atoms with Gasteiger partial charge < -0.3 is 11.1 Å². The van der Waals surface area contributed by atoms with Crippen LogP contribution in [0.2, 0.25) is 0 Å². The summed E-state index contributed by atoms with van der Waals surface area (Å²) in [6.45, 7) is 0. The molecule has 0 bridgehead atoms. The standard InChI is InChI=1S/C16H13N3O3.C7H15N/c17-16(14-5-1-13(11-20)2-6-14)10-18-9-12-3-7-15(8-4-12)19(21)22;1-8-7-5-3-2-4-6-7/h1-11H,17H2;7-8H,2-6H2,1H3/b16-10-,18-9?;. The van der Waals surface area contributed by atoms with Crippen molar-refractivity contribution in [1.29, 1.82) is 0 Å². The molecule has 3 rings (SSSR count). The van der Waals surface area contributed by atoms with Gasteiger partial charge in [0.2, 0.25) is 0 Å². The maximum absolute atomic E-state index is 10.6. The molecule has 0 aliphatic heterocycles. The van der Waals surface area contributed by atoms with Crippen molar-refractivity contribution in [3.05, 3.63) is 81.5 Å². The first-order valence-corrected chi connectivity index (χ1v) is 9.99. The number of hydrogen-bond donors (Lipinski definition) is 2. The van der Waals surface area contributed by atoms with Crippen molar-refractivity contribution in [3.8, 4) is 0 Å². The molecule has 1 aliphatic carbocycles. The Kier molecular flexibility index (Phi) is 9.40. The Morgan fingerprint density at radius 1 is 1.07 bits per heavy atom. The molecule has 1 saturated carbocycles. The highest BCUT2D eigenvalue weighted by Crippen LogP contribution is 2.16. The van der Waals surface area contributed by atoms with E-state index in [2.05, 4.69) is 17.4 Å². The lowest BCUT2D eigenvalue weighted by molar-refractivity contribution is -0.384. The van der Waals surface area contributed by atoms with E-state index in [1.165, 1.54) is 50.4 Å². The van der Waals surface area contributed by atoms with Crippen LogP contribution in [0, 0.1) is 10.1 Å². The van der Waals surface area contributed by atoms with Gasteiger partial charge in [-0.1, -0.05) is 43.5 Å². The van der Waals surface area contributed by atoms with Gasteiger partial charge in [-0.2, -0.15) is 0 Å². The zero-order chi connectivity index (χ0) is 21.8. The molecule has 0 aromatic heterocycles. The van der Waals surface area contributed by atoms with Gasteiger partial charge in [-0.3, -0.25) is 19.9 Å². The maximum atomic E-state index is 10.6. The van der Waals surface area contributed by atoms with Gasteiger partial charge in [0, 0.05) is 30.0 Å². The summed E-state index contributed by atoms with van der Waals surface area (Å²) in [4.78, 5) is 24.7. The van der Waals surface area contributed by atoms with Gasteiger partial charge in [0.05, 0.1) is 16.8 Å². The second-order valence-corrected chi connectivity index (χ2v) is 7.07. The van der Waals surface area contributed by atoms with Crippen molar-refractivity contribution in [2.75, 3.05) is 7.05 Å². The van der Waals surface area contributed by atoms with Gasteiger partial charge >= 0.3 is 0 Å². The van der Waals surface area contributed by atoms with E-state index in [1.54, 1.807) is 42.6 Å². The van der Waals surface area contributed by atoms with Crippen LogP contribution in [0.25, 0.3) is 5.70 Å². The molecule has 158 valence electrons. The lowest BCUT2D eigenvalue weighted by Gasteiger charge is -2.20. The minimum absolute atomic E-state index is 0.0301. The Hall–Kier alpha value is -3.32. The molecule has 1 fully saturated rings. The molecule has 0 amide bonds. The first-order valence-electron chi connectivity index (χ1n) is 9.99. The fourth-order valence-electron chi connectivity index (χ4n) is 3.11. The third kappa shape index (κ3) is 7.60. The van der Waals surface area contributed by atoms with Gasteiger partial charge in [0.1, 0.15) is 6.29 Å². The highest BCUT2D eigenvalue weighted by Gasteiger charge is 2.09. The Morgan fingerprint density at radius 3 is 2.17 bits per heavy atom. The lowest BCUT2D eigenvalue weighted by Crippen LogP contribution is -2.26. The average molecular weight is 409 g/mol. The van der Waals surface area contributed by atoms with E-state index in [0.29, 0.717) is 11.3 Å². The summed E-state index contributed by atoms with van der Waals surface area (Å²) >= 11 is 0. The fraction of sp³-hybridized carbons (Fsp3) is 0.304. The quantitative estimate of drug-likeness (QED) is 0.320. The van der Waals surface area contributed by atoms with Crippen LogP contribution in [0.4, 0.5) is 5.69 Å². The second-order valence-electron chi connectivity index (χ2n) is 7.07. The van der Waals surface area contributed by atoms with Gasteiger partial charge in [-0.25, -0.2) is 0 Å². The maximum Gasteiger partial charge on any atom is 0.269 e. The van der Waals surface area contributed by atoms with Gasteiger partial charge in [-0.15, -0.1) is 0 Å². The van der Waals surface area contributed by atoms with E-state index in [0.717, 1.165) is 23.5 Å². The summed E-state index contributed by atoms with van der Waals surface area (Å²) < 4.78 is 0. The number of nitro groups is 1. The summed E-state index contributed by atoms with van der Waals surface area (Å²) in [7, 11) is 2.07. The molecule has 30 heavy (non-hydrogen) atoms. The number of carbonyl (C=O) groups is 1. The summed E-state index contributed by atoms with van der Waals surface area (Å²) in [5, 5.41) is 13.8. The molecule has 7 heteroatoms. The SMILES string of the molecule is CNC1CCCCC1.N/C(=C\N=Cc1ccc([N+](=O)[O-])cc1)c1ccc(C=O)cc1. The number of hydrogen-bond acceptors (Lipinski definition) is 6. The number of nitro benzene ring substituents is 1. The number of carbonyl (C=O) groups excluding carboxylic acids is 1. The number of nitrogens with zero attached hydrogens (tertiary/aromatic N) is 2. The van der Waals surface area contributed by atoms with E-state index >= 15 is 0 Å². The van der Waals surface area contributed by atoms with Crippen molar-refractivity contribution >= 4 is 23.9 Å². The first-order chi connectivity index (χ1) is 14.5. The zero-order valence-electron chi connectivity index (χ0n) is 17.2. The number of aldehydes is 1. The van der Waals surface area contributed by atoms with Crippen molar-refractivity contribution < 1.29 is 9.72 Å². The molecule has 0 unspecified atom stereocenters. The topological polar surface area (TPSA) is 111 Å². The van der Waals surface area contributed by atoms with Crippen LogP contribution in [0.15, 0.2) is 59.7 Å². The smallest absolute Gasteiger partial charge is 0.269 e. The highest BCUT2D eigenvalue weighted by molar-refractivity contribution is 5.81. The molecule has 0 radical (unpaired) electrons.